The summed E-state index contributed by atoms with van der Waals surface area (Å²) in [5.74, 6) is 1.01. The minimum absolute atomic E-state index is 0.0743. The van der Waals surface area contributed by atoms with E-state index < -0.39 is 5.91 Å². The van der Waals surface area contributed by atoms with Gasteiger partial charge in [0.25, 0.3) is 5.91 Å². The van der Waals surface area contributed by atoms with Gasteiger partial charge in [-0.05, 0) is 85.5 Å². The lowest BCUT2D eigenvalue weighted by Crippen LogP contribution is -2.13. The van der Waals surface area contributed by atoms with Crippen LogP contribution in [-0.4, -0.2) is 39.4 Å². The topological polar surface area (TPSA) is 89.8 Å². The summed E-state index contributed by atoms with van der Waals surface area (Å²) >= 11 is 6.44. The minimum atomic E-state index is -0.521. The van der Waals surface area contributed by atoms with Gasteiger partial charge in [-0.2, -0.15) is 5.26 Å². The van der Waals surface area contributed by atoms with Gasteiger partial charge in [-0.1, -0.05) is 29.8 Å². The van der Waals surface area contributed by atoms with E-state index in [9.17, 15) is 10.1 Å². The maximum absolute atomic E-state index is 12.6. The van der Waals surface area contributed by atoms with Crippen LogP contribution in [0.25, 0.3) is 6.08 Å². The quantitative estimate of drug-likeness (QED) is 0.167. The Morgan fingerprint density at radius 1 is 0.974 bits per heavy atom. The first-order valence-electron chi connectivity index (χ1n) is 12.1. The fourth-order valence-corrected chi connectivity index (χ4v) is 3.80. The minimum Gasteiger partial charge on any atom is -0.493 e. The van der Waals surface area contributed by atoms with Crippen LogP contribution in [0.1, 0.15) is 22.3 Å². The van der Waals surface area contributed by atoms with Gasteiger partial charge in [0.2, 0.25) is 0 Å². The third kappa shape index (κ3) is 8.27. The van der Waals surface area contributed by atoms with Crippen LogP contribution in [0.3, 0.4) is 0 Å². The van der Waals surface area contributed by atoms with E-state index in [4.69, 9.17) is 30.5 Å². The van der Waals surface area contributed by atoms with Crippen LogP contribution in [0.2, 0.25) is 5.02 Å². The Kier molecular flexibility index (Phi) is 10.6. The molecule has 7 nitrogen and oxygen atoms in total. The molecule has 198 valence electrons. The van der Waals surface area contributed by atoms with Crippen LogP contribution in [0.5, 0.6) is 17.2 Å². The van der Waals surface area contributed by atoms with Crippen molar-refractivity contribution in [3.05, 3.63) is 87.4 Å². The molecule has 0 spiro atoms. The van der Waals surface area contributed by atoms with Gasteiger partial charge in [-0.3, -0.25) is 4.79 Å². The van der Waals surface area contributed by atoms with Crippen molar-refractivity contribution in [2.24, 2.45) is 0 Å². The molecule has 1 amide bonds. The molecule has 0 aliphatic heterocycles. The van der Waals surface area contributed by atoms with Gasteiger partial charge in [0.05, 0.1) is 25.3 Å². The summed E-state index contributed by atoms with van der Waals surface area (Å²) in [5.41, 5.74) is 4.45. The van der Waals surface area contributed by atoms with Gasteiger partial charge in [0.1, 0.15) is 30.6 Å². The zero-order valence-electron chi connectivity index (χ0n) is 22.0. The van der Waals surface area contributed by atoms with Gasteiger partial charge in [0.15, 0.2) is 11.5 Å². The van der Waals surface area contributed by atoms with E-state index in [1.165, 1.54) is 24.3 Å². The second-order valence-electron chi connectivity index (χ2n) is 8.58. The molecule has 0 aromatic heterocycles. The van der Waals surface area contributed by atoms with E-state index in [-0.39, 0.29) is 17.2 Å². The molecule has 1 N–H and O–H groups in total. The number of carbonyl (C=O) groups excluding carboxylic acids is 1. The fourth-order valence-electron chi connectivity index (χ4n) is 3.53. The monoisotopic (exact) mass is 534 g/mol. The molecule has 0 saturated carbocycles. The predicted molar refractivity (Wildman–Crippen MR) is 149 cm³/mol. The fraction of sp³-hybridized carbons (Fsp3) is 0.267. The number of halogens is 1. The molecule has 0 heterocycles. The standard InChI is InChI=1S/C30H31ClN2O5/c1-20-6-5-7-25(14-20)33-30(34)24(19-32)16-23-17-27(31)29(28(18-23)35-4)38-13-11-36-10-12-37-26-9-8-21(2)22(3)15-26/h5-9,14-18H,10-13H2,1-4H3,(H,33,34)/b24-16+. The molecule has 38 heavy (non-hydrogen) atoms. The van der Waals surface area contributed by atoms with Gasteiger partial charge >= 0.3 is 0 Å². The molecule has 0 saturated heterocycles. The summed E-state index contributed by atoms with van der Waals surface area (Å²) in [5, 5.41) is 12.6. The van der Waals surface area contributed by atoms with E-state index in [0.29, 0.717) is 42.6 Å². The number of benzene rings is 3. The van der Waals surface area contributed by atoms with E-state index >= 15 is 0 Å². The number of methoxy groups -OCH3 is 1. The lowest BCUT2D eigenvalue weighted by atomic mass is 10.1. The van der Waals surface area contributed by atoms with Crippen molar-refractivity contribution in [2.75, 3.05) is 38.9 Å². The molecule has 0 aliphatic carbocycles. The number of ether oxygens (including phenoxy) is 4. The molecule has 0 atom stereocenters. The zero-order valence-corrected chi connectivity index (χ0v) is 22.7. The number of nitriles is 1. The summed E-state index contributed by atoms with van der Waals surface area (Å²) < 4.78 is 22.5. The molecule has 3 aromatic carbocycles. The predicted octanol–water partition coefficient (Wildman–Crippen LogP) is 6.29. The van der Waals surface area contributed by atoms with Gasteiger partial charge in [-0.25, -0.2) is 0 Å². The molecular formula is C30H31ClN2O5. The number of hydrogen-bond acceptors (Lipinski definition) is 6. The first kappa shape index (κ1) is 28.6. The number of rotatable bonds is 12. The summed E-state index contributed by atoms with van der Waals surface area (Å²) in [6.07, 6.45) is 1.45. The Labute approximate surface area is 228 Å². The first-order valence-corrected chi connectivity index (χ1v) is 12.5. The summed E-state index contributed by atoms with van der Waals surface area (Å²) in [6.45, 7) is 7.43. The van der Waals surface area contributed by atoms with Gasteiger partial charge in [0, 0.05) is 5.69 Å². The number of amides is 1. The van der Waals surface area contributed by atoms with Crippen LogP contribution in [0.4, 0.5) is 5.69 Å². The molecule has 0 aliphatic rings. The van der Waals surface area contributed by atoms with Crippen LogP contribution in [0.15, 0.2) is 60.2 Å². The Bertz CT molecular complexity index is 1350. The van der Waals surface area contributed by atoms with Crippen molar-refractivity contribution in [1.29, 1.82) is 5.26 Å². The van der Waals surface area contributed by atoms with Crippen molar-refractivity contribution < 1.29 is 23.7 Å². The first-order chi connectivity index (χ1) is 18.3. The van der Waals surface area contributed by atoms with E-state index in [1.807, 2.05) is 56.3 Å². The normalized spacial score (nSPS) is 11.0. The van der Waals surface area contributed by atoms with E-state index in [0.717, 1.165) is 11.3 Å². The number of aryl methyl sites for hydroxylation is 3. The lowest BCUT2D eigenvalue weighted by molar-refractivity contribution is -0.112. The van der Waals surface area contributed by atoms with Crippen molar-refractivity contribution in [2.45, 2.75) is 20.8 Å². The Hall–Kier alpha value is -3.99. The average Bonchev–Trinajstić information content (AvgIpc) is 2.89. The lowest BCUT2D eigenvalue weighted by Gasteiger charge is -2.14. The maximum Gasteiger partial charge on any atom is 0.266 e. The van der Waals surface area contributed by atoms with Crippen molar-refractivity contribution in [1.82, 2.24) is 0 Å². The molecule has 3 rings (SSSR count). The van der Waals surface area contributed by atoms with Crippen LogP contribution < -0.4 is 19.5 Å². The summed E-state index contributed by atoms with van der Waals surface area (Å²) in [6, 6.07) is 18.5. The van der Waals surface area contributed by atoms with E-state index in [1.54, 1.807) is 18.2 Å². The Morgan fingerprint density at radius 3 is 2.42 bits per heavy atom. The largest absolute Gasteiger partial charge is 0.493 e. The SMILES string of the molecule is COc1cc(/C=C(\C#N)C(=O)Nc2cccc(C)c2)cc(Cl)c1OCCOCCOc1ccc(C)c(C)c1. The third-order valence-electron chi connectivity index (χ3n) is 5.65. The Morgan fingerprint density at radius 2 is 1.74 bits per heavy atom. The van der Waals surface area contributed by atoms with Crippen molar-refractivity contribution in [3.63, 3.8) is 0 Å². The smallest absolute Gasteiger partial charge is 0.266 e. The average molecular weight is 535 g/mol. The van der Waals surface area contributed by atoms with Gasteiger partial charge < -0.3 is 24.3 Å². The van der Waals surface area contributed by atoms with Crippen molar-refractivity contribution >= 4 is 29.3 Å². The number of nitrogens with zero attached hydrogens (tertiary/aromatic N) is 1. The number of carbonyl (C=O) groups is 1. The molecular weight excluding hydrogens is 504 g/mol. The highest BCUT2D eigenvalue weighted by atomic mass is 35.5. The van der Waals surface area contributed by atoms with Crippen molar-refractivity contribution in [3.8, 4) is 23.3 Å². The Balaban J connectivity index is 1.54. The zero-order chi connectivity index (χ0) is 27.5. The van der Waals surface area contributed by atoms with Crippen LogP contribution >= 0.6 is 11.6 Å². The second kappa shape index (κ2) is 14.1. The van der Waals surface area contributed by atoms with Gasteiger partial charge in [-0.15, -0.1) is 0 Å². The summed E-state index contributed by atoms with van der Waals surface area (Å²) in [7, 11) is 1.49. The third-order valence-corrected chi connectivity index (χ3v) is 5.93. The highest BCUT2D eigenvalue weighted by Gasteiger charge is 2.14. The number of hydrogen-bond donors (Lipinski definition) is 1. The molecule has 0 radical (unpaired) electrons. The maximum atomic E-state index is 12.6. The number of nitrogens with one attached hydrogen (secondary N) is 1. The second-order valence-corrected chi connectivity index (χ2v) is 8.99. The number of anilines is 1. The van der Waals surface area contributed by atoms with Crippen LogP contribution in [-0.2, 0) is 9.53 Å². The molecule has 0 bridgehead atoms. The van der Waals surface area contributed by atoms with E-state index in [2.05, 4.69) is 12.2 Å². The molecule has 0 unspecified atom stereocenters. The highest BCUT2D eigenvalue weighted by molar-refractivity contribution is 6.32. The highest BCUT2D eigenvalue weighted by Crippen LogP contribution is 2.37. The summed E-state index contributed by atoms with van der Waals surface area (Å²) in [4.78, 5) is 12.6. The molecule has 8 heteroatoms. The van der Waals surface area contributed by atoms with Crippen LogP contribution in [0, 0.1) is 32.1 Å². The molecule has 3 aromatic rings. The molecule has 0 fully saturated rings.